The van der Waals surface area contributed by atoms with Crippen molar-refractivity contribution in [1.29, 1.82) is 0 Å². The summed E-state index contributed by atoms with van der Waals surface area (Å²) < 4.78 is 1.81. The van der Waals surface area contributed by atoms with Gasteiger partial charge in [-0.2, -0.15) is 5.10 Å². The highest BCUT2D eigenvalue weighted by molar-refractivity contribution is 6.30. The van der Waals surface area contributed by atoms with Crippen LogP contribution in [0.1, 0.15) is 29.0 Å². The molecular weight excluding hydrogens is 262 g/mol. The average molecular weight is 276 g/mol. The van der Waals surface area contributed by atoms with E-state index in [2.05, 4.69) is 12.0 Å². The molecule has 1 aromatic heterocycles. The number of carbonyl (C=O) groups is 1. The second-order valence-corrected chi connectivity index (χ2v) is 5.30. The summed E-state index contributed by atoms with van der Waals surface area (Å²) in [7, 11) is 0. The number of aryl methyl sites for hydroxylation is 1. The lowest BCUT2D eigenvalue weighted by molar-refractivity contribution is 0.0952. The van der Waals surface area contributed by atoms with E-state index < -0.39 is 0 Å². The molecule has 0 saturated heterocycles. The zero-order chi connectivity index (χ0) is 13.6. The monoisotopic (exact) mass is 275 g/mol. The molecular formula is C14H14ClN3O. The topological polar surface area (TPSA) is 38.1 Å². The van der Waals surface area contributed by atoms with Crippen LogP contribution in [0.5, 0.6) is 0 Å². The SMILES string of the molecule is Cc1cnn2c1C(=O)N(c1ccc(Cl)cc1)CC2C. The van der Waals surface area contributed by atoms with Crippen LogP contribution in [-0.2, 0) is 0 Å². The summed E-state index contributed by atoms with van der Waals surface area (Å²) in [5.41, 5.74) is 2.46. The summed E-state index contributed by atoms with van der Waals surface area (Å²) in [5.74, 6) is -0.00424. The fourth-order valence-electron chi connectivity index (χ4n) is 2.45. The number of carbonyl (C=O) groups excluding carboxylic acids is 1. The zero-order valence-electron chi connectivity index (χ0n) is 10.8. The minimum Gasteiger partial charge on any atom is -0.305 e. The van der Waals surface area contributed by atoms with Gasteiger partial charge in [0.25, 0.3) is 5.91 Å². The molecule has 1 aromatic carbocycles. The number of hydrogen-bond donors (Lipinski definition) is 0. The fourth-order valence-corrected chi connectivity index (χ4v) is 2.57. The van der Waals surface area contributed by atoms with Gasteiger partial charge in [-0.3, -0.25) is 9.48 Å². The Morgan fingerprint density at radius 2 is 2.00 bits per heavy atom. The van der Waals surface area contributed by atoms with Crippen molar-refractivity contribution in [1.82, 2.24) is 9.78 Å². The summed E-state index contributed by atoms with van der Waals surface area (Å²) in [6.07, 6.45) is 1.75. The predicted molar refractivity (Wildman–Crippen MR) is 74.8 cm³/mol. The van der Waals surface area contributed by atoms with E-state index in [9.17, 15) is 4.79 Å². The largest absolute Gasteiger partial charge is 0.305 e. The van der Waals surface area contributed by atoms with Crippen molar-refractivity contribution >= 4 is 23.2 Å². The Kier molecular flexibility index (Phi) is 2.82. The molecule has 1 aliphatic heterocycles. The van der Waals surface area contributed by atoms with E-state index in [0.29, 0.717) is 17.3 Å². The van der Waals surface area contributed by atoms with E-state index in [-0.39, 0.29) is 11.9 Å². The Bertz CT molecular complexity index is 633. The van der Waals surface area contributed by atoms with Crippen molar-refractivity contribution in [2.75, 3.05) is 11.4 Å². The standard InChI is InChI=1S/C14H14ClN3O/c1-9-7-16-18-10(2)8-17(14(19)13(9)18)12-5-3-11(15)4-6-12/h3-7,10H,8H2,1-2H3. The lowest BCUT2D eigenvalue weighted by Crippen LogP contribution is -2.42. The number of nitrogens with zero attached hydrogens (tertiary/aromatic N) is 3. The number of rotatable bonds is 1. The third-order valence-electron chi connectivity index (χ3n) is 3.43. The minimum absolute atomic E-state index is 0.00424. The maximum atomic E-state index is 12.6. The molecule has 5 heteroatoms. The lowest BCUT2D eigenvalue weighted by atomic mass is 10.1. The van der Waals surface area contributed by atoms with Gasteiger partial charge < -0.3 is 4.90 Å². The molecule has 4 nitrogen and oxygen atoms in total. The van der Waals surface area contributed by atoms with E-state index in [1.165, 1.54) is 0 Å². The minimum atomic E-state index is -0.00424. The number of aromatic nitrogens is 2. The second-order valence-electron chi connectivity index (χ2n) is 4.86. The molecule has 3 rings (SSSR count). The molecule has 1 unspecified atom stereocenters. The number of hydrogen-bond acceptors (Lipinski definition) is 2. The maximum absolute atomic E-state index is 12.6. The molecule has 2 heterocycles. The van der Waals surface area contributed by atoms with Gasteiger partial charge in [0, 0.05) is 22.8 Å². The molecule has 0 saturated carbocycles. The van der Waals surface area contributed by atoms with Crippen LogP contribution in [0.4, 0.5) is 5.69 Å². The first-order valence-corrected chi connectivity index (χ1v) is 6.57. The first-order chi connectivity index (χ1) is 9.08. The number of halogens is 1. The van der Waals surface area contributed by atoms with Crippen LogP contribution in [0.2, 0.25) is 5.02 Å². The van der Waals surface area contributed by atoms with Gasteiger partial charge in [0.1, 0.15) is 5.69 Å². The van der Waals surface area contributed by atoms with Crippen molar-refractivity contribution in [2.45, 2.75) is 19.9 Å². The molecule has 0 radical (unpaired) electrons. The average Bonchev–Trinajstić information content (AvgIpc) is 2.78. The molecule has 0 bridgehead atoms. The van der Waals surface area contributed by atoms with Gasteiger partial charge in [-0.25, -0.2) is 0 Å². The van der Waals surface area contributed by atoms with Crippen molar-refractivity contribution in [3.63, 3.8) is 0 Å². The fraction of sp³-hybridized carbons (Fsp3) is 0.286. The van der Waals surface area contributed by atoms with Gasteiger partial charge in [0.05, 0.1) is 12.2 Å². The quantitative estimate of drug-likeness (QED) is 0.802. The Hall–Kier alpha value is -1.81. The Balaban J connectivity index is 2.04. The van der Waals surface area contributed by atoms with Crippen LogP contribution in [-0.4, -0.2) is 22.2 Å². The van der Waals surface area contributed by atoms with Gasteiger partial charge in [-0.15, -0.1) is 0 Å². The van der Waals surface area contributed by atoms with E-state index in [4.69, 9.17) is 11.6 Å². The van der Waals surface area contributed by atoms with Crippen LogP contribution in [0.3, 0.4) is 0 Å². The third-order valence-corrected chi connectivity index (χ3v) is 3.68. The van der Waals surface area contributed by atoms with E-state index >= 15 is 0 Å². The van der Waals surface area contributed by atoms with Gasteiger partial charge >= 0.3 is 0 Å². The van der Waals surface area contributed by atoms with Crippen LogP contribution >= 0.6 is 11.6 Å². The summed E-state index contributed by atoms with van der Waals surface area (Å²) in [6, 6.07) is 7.50. The zero-order valence-corrected chi connectivity index (χ0v) is 11.6. The second kappa shape index (κ2) is 4.38. The molecule has 0 fully saturated rings. The number of amides is 1. The summed E-state index contributed by atoms with van der Waals surface area (Å²) >= 11 is 5.89. The lowest BCUT2D eigenvalue weighted by Gasteiger charge is -2.32. The van der Waals surface area contributed by atoms with Crippen molar-refractivity contribution in [3.8, 4) is 0 Å². The number of fused-ring (bicyclic) bond motifs is 1. The number of anilines is 1. The van der Waals surface area contributed by atoms with Gasteiger partial charge in [0.2, 0.25) is 0 Å². The van der Waals surface area contributed by atoms with Crippen LogP contribution in [0, 0.1) is 6.92 Å². The molecule has 1 atom stereocenters. The summed E-state index contributed by atoms with van der Waals surface area (Å²) in [4.78, 5) is 14.3. The molecule has 98 valence electrons. The number of benzene rings is 1. The van der Waals surface area contributed by atoms with Crippen molar-refractivity contribution in [3.05, 3.63) is 46.7 Å². The highest BCUT2D eigenvalue weighted by Crippen LogP contribution is 2.28. The molecule has 1 aliphatic rings. The van der Waals surface area contributed by atoms with Crippen molar-refractivity contribution < 1.29 is 4.79 Å². The summed E-state index contributed by atoms with van der Waals surface area (Å²) in [5, 5.41) is 4.95. The highest BCUT2D eigenvalue weighted by atomic mass is 35.5. The Morgan fingerprint density at radius 1 is 1.32 bits per heavy atom. The van der Waals surface area contributed by atoms with Gasteiger partial charge in [0.15, 0.2) is 0 Å². The van der Waals surface area contributed by atoms with Crippen molar-refractivity contribution in [2.24, 2.45) is 0 Å². The van der Waals surface area contributed by atoms with Gasteiger partial charge in [-0.1, -0.05) is 11.6 Å². The smallest absolute Gasteiger partial charge is 0.276 e. The van der Waals surface area contributed by atoms with Crippen LogP contribution in [0.25, 0.3) is 0 Å². The first-order valence-electron chi connectivity index (χ1n) is 6.19. The van der Waals surface area contributed by atoms with E-state index in [1.807, 2.05) is 23.7 Å². The first kappa shape index (κ1) is 12.2. The van der Waals surface area contributed by atoms with Gasteiger partial charge in [-0.05, 0) is 38.1 Å². The predicted octanol–water partition coefficient (Wildman–Crippen LogP) is 3.07. The Labute approximate surface area is 116 Å². The maximum Gasteiger partial charge on any atom is 0.276 e. The molecule has 0 spiro atoms. The summed E-state index contributed by atoms with van der Waals surface area (Å²) in [6.45, 7) is 4.59. The van der Waals surface area contributed by atoms with Crippen LogP contribution in [0.15, 0.2) is 30.5 Å². The Morgan fingerprint density at radius 3 is 2.68 bits per heavy atom. The van der Waals surface area contributed by atoms with Crippen LogP contribution < -0.4 is 4.90 Å². The molecule has 1 amide bonds. The highest BCUT2D eigenvalue weighted by Gasteiger charge is 2.31. The molecule has 2 aromatic rings. The van der Waals surface area contributed by atoms with E-state index in [1.54, 1.807) is 23.2 Å². The van der Waals surface area contributed by atoms with E-state index in [0.717, 1.165) is 11.3 Å². The molecule has 19 heavy (non-hydrogen) atoms. The third kappa shape index (κ3) is 1.92. The normalized spacial score (nSPS) is 18.6. The molecule has 0 N–H and O–H groups in total. The molecule has 0 aliphatic carbocycles.